The number of unbranched alkanes of at least 4 members (excludes halogenated alkanes) is 30. The van der Waals surface area contributed by atoms with Crippen molar-refractivity contribution in [1.29, 1.82) is 0 Å². The molecule has 0 radical (unpaired) electrons. The van der Waals surface area contributed by atoms with Gasteiger partial charge in [-0.3, -0.25) is 18.6 Å². The van der Waals surface area contributed by atoms with Gasteiger partial charge in [0.15, 0.2) is 6.10 Å². The maximum atomic E-state index is 12.8. The van der Waals surface area contributed by atoms with E-state index in [0.717, 1.165) is 116 Å². The number of phosphoric acid groups is 1. The van der Waals surface area contributed by atoms with Crippen molar-refractivity contribution in [2.75, 3.05) is 26.4 Å². The monoisotopic (exact) mass is 1260 g/mol. The highest BCUT2D eigenvalue weighted by atomic mass is 31.2. The lowest BCUT2D eigenvalue weighted by molar-refractivity contribution is -0.161. The normalized spacial score (nSPS) is 13.8. The molecule has 0 rings (SSSR count). The van der Waals surface area contributed by atoms with Crippen molar-refractivity contribution in [3.8, 4) is 0 Å². The maximum absolute atomic E-state index is 12.8. The summed E-state index contributed by atoms with van der Waals surface area (Å²) in [4.78, 5) is 35.4. The minimum atomic E-state index is -4.41. The van der Waals surface area contributed by atoms with E-state index in [1.54, 1.807) is 0 Å². The van der Waals surface area contributed by atoms with Gasteiger partial charge in [-0.25, -0.2) is 4.57 Å². The molecule has 10 heteroatoms. The topological polar surface area (TPSA) is 134 Å². The Hall–Kier alpha value is -4.11. The van der Waals surface area contributed by atoms with Crippen LogP contribution in [0.2, 0.25) is 0 Å². The Labute approximate surface area is 547 Å². The number of nitrogens with two attached hydrogens (primary N) is 1. The van der Waals surface area contributed by atoms with Crippen molar-refractivity contribution in [2.45, 2.75) is 315 Å². The second kappa shape index (κ2) is 72.9. The van der Waals surface area contributed by atoms with Crippen LogP contribution in [0.5, 0.6) is 0 Å². The van der Waals surface area contributed by atoms with Gasteiger partial charge in [-0.05, 0) is 122 Å². The molecule has 0 spiro atoms. The van der Waals surface area contributed by atoms with E-state index in [2.05, 4.69) is 160 Å². The SMILES string of the molecule is CC/C=C\C/C=C\C/C=C\C/C=C\C/C=C\C/C=C\C/C=C\C/C=C\C/C=C\C/C=C\C/C=C\CCCCCCCCCC(=O)OC(COC(=O)CCCCCCCCCCCCCCCCC/C=C\CCCCCCCCCC)COP(=O)(O)OCCN. The van der Waals surface area contributed by atoms with Gasteiger partial charge < -0.3 is 20.1 Å². The smallest absolute Gasteiger partial charge is 0.462 e. The maximum Gasteiger partial charge on any atom is 0.472 e. The van der Waals surface area contributed by atoms with E-state index in [0.29, 0.717) is 6.42 Å². The van der Waals surface area contributed by atoms with Crippen molar-refractivity contribution < 1.29 is 37.6 Å². The molecular formula is C79H134NO8P. The molecule has 9 nitrogen and oxygen atoms in total. The number of hydrogen-bond donors (Lipinski definition) is 2. The number of rotatable bonds is 67. The molecule has 0 fully saturated rings. The van der Waals surface area contributed by atoms with Crippen LogP contribution < -0.4 is 5.73 Å². The summed E-state index contributed by atoms with van der Waals surface area (Å²) >= 11 is 0. The molecule has 0 aromatic rings. The minimum absolute atomic E-state index is 0.0458. The minimum Gasteiger partial charge on any atom is -0.462 e. The third-order valence-electron chi connectivity index (χ3n) is 15.2. The van der Waals surface area contributed by atoms with Crippen LogP contribution in [-0.4, -0.2) is 49.3 Å². The first-order chi connectivity index (χ1) is 43.8. The fraction of sp³-hybridized carbons (Fsp3) is 0.671. The number of esters is 2. The predicted molar refractivity (Wildman–Crippen MR) is 385 cm³/mol. The molecule has 0 aliphatic heterocycles. The molecule has 3 N–H and O–H groups in total. The molecule has 0 aliphatic rings. The Morgan fingerprint density at radius 1 is 0.348 bits per heavy atom. The highest BCUT2D eigenvalue weighted by Crippen LogP contribution is 2.43. The molecule has 89 heavy (non-hydrogen) atoms. The summed E-state index contributed by atoms with van der Waals surface area (Å²) in [5, 5.41) is 0. The van der Waals surface area contributed by atoms with E-state index in [-0.39, 0.29) is 38.6 Å². The predicted octanol–water partition coefficient (Wildman–Crippen LogP) is 24.2. The lowest BCUT2D eigenvalue weighted by Crippen LogP contribution is -2.29. The third-order valence-corrected chi connectivity index (χ3v) is 16.2. The zero-order valence-electron chi connectivity index (χ0n) is 57.1. The number of ether oxygens (including phenoxy) is 2. The summed E-state index contributed by atoms with van der Waals surface area (Å²) in [6.07, 6.45) is 105. The van der Waals surface area contributed by atoms with Crippen LogP contribution in [0.25, 0.3) is 0 Å². The fourth-order valence-corrected chi connectivity index (χ4v) is 10.6. The van der Waals surface area contributed by atoms with Crippen LogP contribution in [0, 0.1) is 0 Å². The molecule has 0 bridgehead atoms. The molecular weight excluding hydrogens is 1120 g/mol. The van der Waals surface area contributed by atoms with Crippen molar-refractivity contribution in [3.05, 3.63) is 146 Å². The van der Waals surface area contributed by atoms with Crippen LogP contribution in [0.4, 0.5) is 0 Å². The van der Waals surface area contributed by atoms with Crippen molar-refractivity contribution >= 4 is 19.8 Å². The second-order valence-corrected chi connectivity index (χ2v) is 25.2. The average molecular weight is 1260 g/mol. The lowest BCUT2D eigenvalue weighted by atomic mass is 10.0. The molecule has 508 valence electrons. The van der Waals surface area contributed by atoms with Crippen LogP contribution in [0.3, 0.4) is 0 Å². The first kappa shape index (κ1) is 84.9. The molecule has 0 aromatic carbocycles. The first-order valence-electron chi connectivity index (χ1n) is 36.3. The summed E-state index contributed by atoms with van der Waals surface area (Å²) in [7, 11) is -4.41. The molecule has 0 saturated carbocycles. The Morgan fingerprint density at radius 2 is 0.618 bits per heavy atom. The highest BCUT2D eigenvalue weighted by Gasteiger charge is 2.26. The number of carbonyl (C=O) groups excluding carboxylic acids is 2. The van der Waals surface area contributed by atoms with Crippen molar-refractivity contribution in [3.63, 3.8) is 0 Å². The van der Waals surface area contributed by atoms with Gasteiger partial charge in [-0.15, -0.1) is 0 Å². The van der Waals surface area contributed by atoms with Gasteiger partial charge >= 0.3 is 19.8 Å². The molecule has 2 atom stereocenters. The van der Waals surface area contributed by atoms with Gasteiger partial charge in [0.2, 0.25) is 0 Å². The van der Waals surface area contributed by atoms with E-state index in [1.807, 2.05) is 0 Å². The zero-order chi connectivity index (χ0) is 64.4. The Morgan fingerprint density at radius 3 is 0.933 bits per heavy atom. The number of carbonyl (C=O) groups is 2. The van der Waals surface area contributed by atoms with Gasteiger partial charge in [0, 0.05) is 19.4 Å². The van der Waals surface area contributed by atoms with Crippen LogP contribution in [0.1, 0.15) is 309 Å². The zero-order valence-corrected chi connectivity index (χ0v) is 58.0. The van der Waals surface area contributed by atoms with Crippen LogP contribution in [0.15, 0.2) is 146 Å². The van der Waals surface area contributed by atoms with E-state index in [4.69, 9.17) is 24.3 Å². The molecule has 0 aromatic heterocycles. The standard InChI is InChI=1S/C79H134NO8P/c1-3-5-7-9-11-13-15-17-19-21-23-25-27-29-31-32-33-34-35-36-37-38-39-40-41-42-43-44-46-48-50-52-54-56-58-60-62-64-66-68-70-72-79(82)88-77(76-87-89(83,84)86-74-73-80)75-85-78(81)71-69-67-65-63-61-59-57-55-53-51-49-47-45-30-28-26-24-22-20-18-16-14-12-10-8-6-4-2/h5,7,11,13,17,19,22-25,29,31,33-34,36-37,39-40,42-43,46,48,52,54,77H,3-4,6,8-10,12,14-16,18,20-21,26-28,30,32,35,38,41,44-45,47,49-51,53,55-76,80H2,1-2H3,(H,83,84)/b7-5-,13-11-,19-17-,24-22-,25-23-,31-29-,34-33-,37-36-,40-39-,43-42-,48-46-,54-52-. The highest BCUT2D eigenvalue weighted by molar-refractivity contribution is 7.47. The molecule has 0 amide bonds. The average Bonchev–Trinajstić information content (AvgIpc) is 3.58. The number of allylic oxidation sites excluding steroid dienone is 24. The van der Waals surface area contributed by atoms with Gasteiger partial charge in [0.1, 0.15) is 6.61 Å². The van der Waals surface area contributed by atoms with Gasteiger partial charge in [0.25, 0.3) is 0 Å². The van der Waals surface area contributed by atoms with Crippen LogP contribution >= 0.6 is 7.82 Å². The van der Waals surface area contributed by atoms with E-state index < -0.39 is 26.5 Å². The van der Waals surface area contributed by atoms with Gasteiger partial charge in [0.05, 0.1) is 13.2 Å². The van der Waals surface area contributed by atoms with E-state index in [1.165, 1.54) is 161 Å². The van der Waals surface area contributed by atoms with Gasteiger partial charge in [-0.2, -0.15) is 0 Å². The first-order valence-corrected chi connectivity index (χ1v) is 37.8. The summed E-state index contributed by atoms with van der Waals surface area (Å²) in [5.41, 5.74) is 5.40. The quantitative estimate of drug-likeness (QED) is 0.0264. The number of hydrogen-bond acceptors (Lipinski definition) is 8. The van der Waals surface area contributed by atoms with Crippen LogP contribution in [-0.2, 0) is 32.7 Å². The lowest BCUT2D eigenvalue weighted by Gasteiger charge is -2.19. The van der Waals surface area contributed by atoms with Gasteiger partial charge in [-0.1, -0.05) is 320 Å². The van der Waals surface area contributed by atoms with E-state index >= 15 is 0 Å². The molecule has 0 aliphatic carbocycles. The van der Waals surface area contributed by atoms with Crippen molar-refractivity contribution in [1.82, 2.24) is 0 Å². The summed E-state index contributed by atoms with van der Waals surface area (Å²) in [6.45, 7) is 3.64. The number of phosphoric ester groups is 1. The fourth-order valence-electron chi connectivity index (χ4n) is 9.87. The molecule has 2 unspecified atom stereocenters. The van der Waals surface area contributed by atoms with Crippen molar-refractivity contribution in [2.24, 2.45) is 5.73 Å². The third kappa shape index (κ3) is 72.8. The molecule has 0 saturated heterocycles. The summed E-state index contributed by atoms with van der Waals surface area (Å²) in [6, 6.07) is 0. The second-order valence-electron chi connectivity index (χ2n) is 23.7. The Kier molecular flexibility index (Phi) is 69.6. The molecule has 0 heterocycles. The Bertz CT molecular complexity index is 1970. The van der Waals surface area contributed by atoms with E-state index in [9.17, 15) is 19.0 Å². The summed E-state index contributed by atoms with van der Waals surface area (Å²) in [5.74, 6) is -0.839. The Balaban J connectivity index is 3.96. The largest absolute Gasteiger partial charge is 0.472 e. The summed E-state index contributed by atoms with van der Waals surface area (Å²) < 4.78 is 33.2.